The Balaban J connectivity index is 3.53. The van der Waals surface area contributed by atoms with E-state index in [9.17, 15) is 13.6 Å². The first-order chi connectivity index (χ1) is 8.06. The van der Waals surface area contributed by atoms with Gasteiger partial charge >= 0.3 is 5.97 Å². The molecule has 0 aromatic carbocycles. The molecular weight excluding hydrogens is 234 g/mol. The summed E-state index contributed by atoms with van der Waals surface area (Å²) in [5.74, 6) is -1.25. The van der Waals surface area contributed by atoms with Gasteiger partial charge in [0.1, 0.15) is 17.4 Å². The van der Waals surface area contributed by atoms with Crippen molar-refractivity contribution in [3.8, 4) is 11.8 Å². The summed E-state index contributed by atoms with van der Waals surface area (Å²) in [7, 11) is 2.22. The maximum absolute atomic E-state index is 12.8. The highest BCUT2D eigenvalue weighted by Gasteiger charge is 2.26. The smallest absolute Gasteiger partial charge is 0.343 e. The molecule has 1 rings (SSSR count). The van der Waals surface area contributed by atoms with Crippen LogP contribution in [0.15, 0.2) is 6.20 Å². The lowest BCUT2D eigenvalue weighted by Gasteiger charge is -2.12. The molecular formula is C10H8F2N2O3. The van der Waals surface area contributed by atoms with Crippen molar-refractivity contribution in [2.45, 2.75) is 6.43 Å². The number of aromatic nitrogens is 1. The fourth-order valence-corrected chi connectivity index (χ4v) is 1.28. The standard InChI is InChI=1S/C10H8F2N2O3/c1-16-8-5(10(15)17-2)4-14-6(3-13)7(8)9(11)12/h4,9H,1-2H3. The summed E-state index contributed by atoms with van der Waals surface area (Å²) in [5.41, 5.74) is -1.44. The largest absolute Gasteiger partial charge is 0.495 e. The second kappa shape index (κ2) is 5.21. The quantitative estimate of drug-likeness (QED) is 0.754. The number of pyridine rings is 1. The highest BCUT2D eigenvalue weighted by atomic mass is 19.3. The Labute approximate surface area is 95.6 Å². The van der Waals surface area contributed by atoms with Crippen molar-refractivity contribution in [1.29, 1.82) is 5.26 Å². The van der Waals surface area contributed by atoms with Gasteiger partial charge in [0.2, 0.25) is 0 Å². The second-order valence-corrected chi connectivity index (χ2v) is 2.87. The molecule has 0 amide bonds. The Morgan fingerprint density at radius 1 is 1.53 bits per heavy atom. The Bertz CT molecular complexity index is 483. The minimum Gasteiger partial charge on any atom is -0.495 e. The van der Waals surface area contributed by atoms with E-state index in [0.717, 1.165) is 20.4 Å². The van der Waals surface area contributed by atoms with E-state index in [1.807, 2.05) is 0 Å². The number of carbonyl (C=O) groups excluding carboxylic acids is 1. The lowest BCUT2D eigenvalue weighted by Crippen LogP contribution is -2.09. The van der Waals surface area contributed by atoms with E-state index in [2.05, 4.69) is 9.72 Å². The molecule has 0 aliphatic carbocycles. The van der Waals surface area contributed by atoms with Crippen LogP contribution in [0, 0.1) is 11.3 Å². The molecule has 90 valence electrons. The van der Waals surface area contributed by atoms with E-state index >= 15 is 0 Å². The molecule has 5 nitrogen and oxygen atoms in total. The third kappa shape index (κ3) is 2.30. The van der Waals surface area contributed by atoms with Crippen LogP contribution in [0.4, 0.5) is 8.78 Å². The molecule has 0 unspecified atom stereocenters. The summed E-state index contributed by atoms with van der Waals surface area (Å²) in [6.07, 6.45) is -2.01. The second-order valence-electron chi connectivity index (χ2n) is 2.87. The van der Waals surface area contributed by atoms with E-state index in [-0.39, 0.29) is 5.56 Å². The van der Waals surface area contributed by atoms with Crippen molar-refractivity contribution in [2.24, 2.45) is 0 Å². The average molecular weight is 242 g/mol. The van der Waals surface area contributed by atoms with Crippen LogP contribution in [-0.4, -0.2) is 25.2 Å². The third-order valence-electron chi connectivity index (χ3n) is 2.00. The number of hydrogen-bond donors (Lipinski definition) is 0. The van der Waals surface area contributed by atoms with E-state index in [4.69, 9.17) is 10.00 Å². The molecule has 0 aliphatic heterocycles. The molecule has 7 heteroatoms. The normalized spacial score (nSPS) is 9.88. The number of halogens is 2. The molecule has 0 saturated carbocycles. The minimum absolute atomic E-state index is 0.246. The van der Waals surface area contributed by atoms with Gasteiger partial charge in [0, 0.05) is 6.20 Å². The van der Waals surface area contributed by atoms with E-state index in [0.29, 0.717) is 0 Å². The lowest BCUT2D eigenvalue weighted by atomic mass is 10.1. The fraction of sp³-hybridized carbons (Fsp3) is 0.300. The zero-order chi connectivity index (χ0) is 13.0. The number of esters is 1. The summed E-state index contributed by atoms with van der Waals surface area (Å²) < 4.78 is 34.7. The number of carbonyl (C=O) groups is 1. The van der Waals surface area contributed by atoms with Gasteiger partial charge in [-0.05, 0) is 0 Å². The van der Waals surface area contributed by atoms with Crippen LogP contribution in [-0.2, 0) is 4.74 Å². The molecule has 0 radical (unpaired) electrons. The predicted octanol–water partition coefficient (Wildman–Crippen LogP) is 1.69. The molecule has 0 N–H and O–H groups in total. The van der Waals surface area contributed by atoms with Crippen molar-refractivity contribution >= 4 is 5.97 Å². The summed E-state index contributed by atoms with van der Waals surface area (Å²) in [6, 6.07) is 1.51. The highest BCUT2D eigenvalue weighted by molar-refractivity contribution is 5.92. The molecule has 17 heavy (non-hydrogen) atoms. The number of nitriles is 1. The molecule has 1 aromatic rings. The van der Waals surface area contributed by atoms with Crippen molar-refractivity contribution < 1.29 is 23.0 Å². The Morgan fingerprint density at radius 3 is 2.59 bits per heavy atom. The predicted molar refractivity (Wildman–Crippen MR) is 51.8 cm³/mol. The van der Waals surface area contributed by atoms with Gasteiger partial charge in [0.15, 0.2) is 5.69 Å². The van der Waals surface area contributed by atoms with Crippen molar-refractivity contribution in [2.75, 3.05) is 14.2 Å². The highest BCUT2D eigenvalue weighted by Crippen LogP contribution is 2.33. The van der Waals surface area contributed by atoms with Gasteiger partial charge < -0.3 is 9.47 Å². The van der Waals surface area contributed by atoms with Crippen LogP contribution >= 0.6 is 0 Å². The van der Waals surface area contributed by atoms with Crippen molar-refractivity contribution in [3.63, 3.8) is 0 Å². The topological polar surface area (TPSA) is 72.2 Å². The summed E-state index contributed by atoms with van der Waals surface area (Å²) in [4.78, 5) is 14.8. The van der Waals surface area contributed by atoms with Crippen LogP contribution < -0.4 is 4.74 Å². The zero-order valence-electron chi connectivity index (χ0n) is 9.03. The summed E-state index contributed by atoms with van der Waals surface area (Å²) in [6.45, 7) is 0. The monoisotopic (exact) mass is 242 g/mol. The SMILES string of the molecule is COC(=O)c1cnc(C#N)c(C(F)F)c1OC. The van der Waals surface area contributed by atoms with Gasteiger partial charge in [-0.1, -0.05) is 0 Å². The lowest BCUT2D eigenvalue weighted by molar-refractivity contribution is 0.0595. The van der Waals surface area contributed by atoms with Gasteiger partial charge in [-0.3, -0.25) is 0 Å². The van der Waals surface area contributed by atoms with Crippen LogP contribution in [0.3, 0.4) is 0 Å². The molecule has 0 spiro atoms. The van der Waals surface area contributed by atoms with Gasteiger partial charge in [0.25, 0.3) is 6.43 Å². The van der Waals surface area contributed by atoms with Crippen molar-refractivity contribution in [3.05, 3.63) is 23.0 Å². The molecule has 0 atom stereocenters. The maximum Gasteiger partial charge on any atom is 0.343 e. The zero-order valence-corrected chi connectivity index (χ0v) is 9.03. The van der Waals surface area contributed by atoms with Gasteiger partial charge in [-0.15, -0.1) is 0 Å². The van der Waals surface area contributed by atoms with Gasteiger partial charge in [0.05, 0.1) is 19.8 Å². The molecule has 0 bridgehead atoms. The van der Waals surface area contributed by atoms with Crippen LogP contribution in [0.5, 0.6) is 5.75 Å². The van der Waals surface area contributed by atoms with Crippen LogP contribution in [0.1, 0.15) is 28.0 Å². The molecule has 0 fully saturated rings. The maximum atomic E-state index is 12.8. The fourth-order valence-electron chi connectivity index (χ4n) is 1.28. The molecule has 1 heterocycles. The van der Waals surface area contributed by atoms with Crippen LogP contribution in [0.25, 0.3) is 0 Å². The Kier molecular flexibility index (Phi) is 3.93. The number of alkyl halides is 2. The van der Waals surface area contributed by atoms with Gasteiger partial charge in [-0.2, -0.15) is 5.26 Å². The number of methoxy groups -OCH3 is 2. The number of nitrogens with zero attached hydrogens (tertiary/aromatic N) is 2. The Hall–Kier alpha value is -2.23. The minimum atomic E-state index is -2.98. The molecule has 1 aromatic heterocycles. The summed E-state index contributed by atoms with van der Waals surface area (Å²) in [5, 5.41) is 8.66. The van der Waals surface area contributed by atoms with Crippen LogP contribution in [0.2, 0.25) is 0 Å². The third-order valence-corrected chi connectivity index (χ3v) is 2.00. The first-order valence-corrected chi connectivity index (χ1v) is 4.40. The first kappa shape index (κ1) is 12.8. The summed E-state index contributed by atoms with van der Waals surface area (Å²) >= 11 is 0. The number of rotatable bonds is 3. The Morgan fingerprint density at radius 2 is 2.18 bits per heavy atom. The first-order valence-electron chi connectivity index (χ1n) is 4.40. The van der Waals surface area contributed by atoms with Gasteiger partial charge in [-0.25, -0.2) is 18.6 Å². The van der Waals surface area contributed by atoms with E-state index < -0.39 is 29.4 Å². The molecule has 0 aliphatic rings. The number of hydrogen-bond acceptors (Lipinski definition) is 5. The number of ether oxygens (including phenoxy) is 2. The molecule has 0 saturated heterocycles. The van der Waals surface area contributed by atoms with E-state index in [1.165, 1.54) is 6.07 Å². The van der Waals surface area contributed by atoms with E-state index in [1.54, 1.807) is 0 Å². The van der Waals surface area contributed by atoms with Crippen molar-refractivity contribution in [1.82, 2.24) is 4.98 Å². The average Bonchev–Trinajstić information content (AvgIpc) is 2.35.